The summed E-state index contributed by atoms with van der Waals surface area (Å²) in [5, 5.41) is 10.8. The third kappa shape index (κ3) is 3.58. The molecule has 0 spiro atoms. The smallest absolute Gasteiger partial charge is 0.310 e. The summed E-state index contributed by atoms with van der Waals surface area (Å²) in [7, 11) is 1.32. The van der Waals surface area contributed by atoms with E-state index in [0.29, 0.717) is 24.1 Å². The van der Waals surface area contributed by atoms with Gasteiger partial charge in [0, 0.05) is 30.3 Å². The fourth-order valence-corrected chi connectivity index (χ4v) is 3.33. The molecule has 146 valence electrons. The lowest BCUT2D eigenvalue weighted by Gasteiger charge is -2.20. The summed E-state index contributed by atoms with van der Waals surface area (Å²) in [6, 6.07) is 8.42. The number of hydrogen-bond acceptors (Lipinski definition) is 5. The maximum absolute atomic E-state index is 14.3. The second-order valence-corrected chi connectivity index (χ2v) is 6.61. The molecule has 2 aromatic rings. The summed E-state index contributed by atoms with van der Waals surface area (Å²) < 4.78 is 19.1. The number of fused-ring (bicyclic) bond motifs is 1. The largest absolute Gasteiger partial charge is 0.469 e. The van der Waals surface area contributed by atoms with Gasteiger partial charge in [-0.25, -0.2) is 4.39 Å². The van der Waals surface area contributed by atoms with Gasteiger partial charge in [-0.2, -0.15) is 0 Å². The molecular formula is C20H19FN2O5. The third-order valence-electron chi connectivity index (χ3n) is 4.93. The minimum absolute atomic E-state index is 0.181. The molecule has 28 heavy (non-hydrogen) atoms. The Morgan fingerprint density at radius 2 is 2.04 bits per heavy atom. The number of esters is 1. The van der Waals surface area contributed by atoms with Crippen molar-refractivity contribution in [2.24, 2.45) is 5.92 Å². The molecular weight excluding hydrogens is 367 g/mol. The molecule has 0 saturated carbocycles. The molecule has 1 amide bonds. The van der Waals surface area contributed by atoms with Gasteiger partial charge in [0.1, 0.15) is 5.82 Å². The molecule has 8 heteroatoms. The van der Waals surface area contributed by atoms with Gasteiger partial charge < -0.3 is 9.64 Å². The van der Waals surface area contributed by atoms with E-state index in [0.717, 1.165) is 11.6 Å². The average Bonchev–Trinajstić information content (AvgIpc) is 3.00. The maximum atomic E-state index is 14.3. The zero-order chi connectivity index (χ0) is 20.4. The van der Waals surface area contributed by atoms with E-state index in [1.165, 1.54) is 19.2 Å². The van der Waals surface area contributed by atoms with E-state index in [4.69, 9.17) is 4.74 Å². The van der Waals surface area contributed by atoms with Crippen LogP contribution in [0.4, 0.5) is 10.1 Å². The van der Waals surface area contributed by atoms with E-state index >= 15 is 0 Å². The monoisotopic (exact) mass is 386 g/mol. The number of hydrogen-bond donors (Lipinski definition) is 0. The lowest BCUT2D eigenvalue weighted by atomic mass is 10.00. The Kier molecular flexibility index (Phi) is 5.39. The van der Waals surface area contributed by atoms with Crippen molar-refractivity contribution in [3.05, 3.63) is 63.5 Å². The molecule has 0 N–H and O–H groups in total. The first-order valence-corrected chi connectivity index (χ1v) is 8.80. The van der Waals surface area contributed by atoms with Crippen molar-refractivity contribution in [3.63, 3.8) is 0 Å². The lowest BCUT2D eigenvalue weighted by Crippen LogP contribution is -2.33. The fraction of sp³-hybridized carbons (Fsp3) is 0.300. The van der Waals surface area contributed by atoms with Crippen LogP contribution in [0.3, 0.4) is 0 Å². The van der Waals surface area contributed by atoms with Crippen LogP contribution in [0.15, 0.2) is 36.4 Å². The van der Waals surface area contributed by atoms with Crippen LogP contribution >= 0.6 is 0 Å². The number of carbonyl (C=O) groups excluding carboxylic acids is 2. The second kappa shape index (κ2) is 7.75. The summed E-state index contributed by atoms with van der Waals surface area (Å²) >= 11 is 0. The van der Waals surface area contributed by atoms with Crippen LogP contribution in [-0.2, 0) is 16.1 Å². The van der Waals surface area contributed by atoms with Crippen molar-refractivity contribution in [2.45, 2.75) is 19.9 Å². The third-order valence-corrected chi connectivity index (χ3v) is 4.93. The minimum Gasteiger partial charge on any atom is -0.469 e. The first-order valence-electron chi connectivity index (χ1n) is 8.80. The van der Waals surface area contributed by atoms with Crippen molar-refractivity contribution < 1.29 is 23.6 Å². The molecule has 1 aliphatic rings. The molecule has 1 heterocycles. The van der Waals surface area contributed by atoms with Crippen molar-refractivity contribution in [3.8, 4) is 11.1 Å². The predicted octanol–water partition coefficient (Wildman–Crippen LogP) is 3.56. The highest BCUT2D eigenvalue weighted by atomic mass is 19.1. The van der Waals surface area contributed by atoms with E-state index in [2.05, 4.69) is 0 Å². The second-order valence-electron chi connectivity index (χ2n) is 6.61. The minimum atomic E-state index is -0.729. The SMILES string of the molecule is CC[C@@H](CN1Cc2ccc(-c3ccc([N+](=O)[O-])cc3F)cc2C1=O)C(=O)OC. The van der Waals surface area contributed by atoms with Gasteiger partial charge in [-0.05, 0) is 29.7 Å². The van der Waals surface area contributed by atoms with E-state index < -0.39 is 16.7 Å². The van der Waals surface area contributed by atoms with Crippen molar-refractivity contribution in [1.82, 2.24) is 4.90 Å². The first-order chi connectivity index (χ1) is 13.3. The summed E-state index contributed by atoms with van der Waals surface area (Å²) in [6.45, 7) is 2.47. The molecule has 0 bridgehead atoms. The number of ether oxygens (including phenoxy) is 1. The summed E-state index contributed by atoms with van der Waals surface area (Å²) in [6.07, 6.45) is 0.548. The van der Waals surface area contributed by atoms with Crippen LogP contribution in [0.1, 0.15) is 29.3 Å². The Hall–Kier alpha value is -3.29. The number of carbonyl (C=O) groups is 2. The molecule has 0 aliphatic carbocycles. The molecule has 3 rings (SSSR count). The number of non-ortho nitro benzene ring substituents is 1. The number of nitro groups is 1. The summed E-state index contributed by atoms with van der Waals surface area (Å²) in [4.78, 5) is 36.3. The molecule has 2 aromatic carbocycles. The Morgan fingerprint density at radius 3 is 2.64 bits per heavy atom. The molecule has 0 fully saturated rings. The molecule has 0 saturated heterocycles. The van der Waals surface area contributed by atoms with E-state index in [1.807, 2.05) is 6.92 Å². The van der Waals surface area contributed by atoms with Crippen LogP contribution in [0.2, 0.25) is 0 Å². The van der Waals surface area contributed by atoms with Gasteiger partial charge in [0.2, 0.25) is 0 Å². The zero-order valence-electron chi connectivity index (χ0n) is 15.5. The van der Waals surface area contributed by atoms with E-state index in [-0.39, 0.29) is 29.7 Å². The topological polar surface area (TPSA) is 89.8 Å². The van der Waals surface area contributed by atoms with Crippen LogP contribution < -0.4 is 0 Å². The number of methoxy groups -OCH3 is 1. The zero-order valence-corrected chi connectivity index (χ0v) is 15.5. The molecule has 1 atom stereocenters. The van der Waals surface area contributed by atoms with Gasteiger partial charge in [0.15, 0.2) is 0 Å². The average molecular weight is 386 g/mol. The highest BCUT2D eigenvalue weighted by Crippen LogP contribution is 2.31. The van der Waals surface area contributed by atoms with Gasteiger partial charge in [0.25, 0.3) is 11.6 Å². The van der Waals surface area contributed by atoms with Gasteiger partial charge in [-0.15, -0.1) is 0 Å². The Morgan fingerprint density at radius 1 is 1.29 bits per heavy atom. The molecule has 0 radical (unpaired) electrons. The van der Waals surface area contributed by atoms with Crippen LogP contribution in [-0.4, -0.2) is 35.4 Å². The van der Waals surface area contributed by atoms with Crippen molar-refractivity contribution in [2.75, 3.05) is 13.7 Å². The van der Waals surface area contributed by atoms with Crippen LogP contribution in [0, 0.1) is 21.8 Å². The highest BCUT2D eigenvalue weighted by Gasteiger charge is 2.31. The maximum Gasteiger partial charge on any atom is 0.310 e. The van der Waals surface area contributed by atoms with Gasteiger partial charge in [-0.1, -0.05) is 19.1 Å². The van der Waals surface area contributed by atoms with E-state index in [1.54, 1.807) is 23.1 Å². The molecule has 0 aromatic heterocycles. The van der Waals surface area contributed by atoms with Crippen LogP contribution in [0.25, 0.3) is 11.1 Å². The van der Waals surface area contributed by atoms with E-state index in [9.17, 15) is 24.1 Å². The number of halogens is 1. The normalized spacial score (nSPS) is 14.0. The Bertz CT molecular complexity index is 960. The quantitative estimate of drug-likeness (QED) is 0.430. The fourth-order valence-electron chi connectivity index (χ4n) is 3.33. The van der Waals surface area contributed by atoms with Crippen molar-refractivity contribution >= 4 is 17.6 Å². The number of rotatable bonds is 6. The number of nitrogens with zero attached hydrogens (tertiary/aromatic N) is 2. The highest BCUT2D eigenvalue weighted by molar-refractivity contribution is 5.99. The number of benzene rings is 2. The van der Waals surface area contributed by atoms with Gasteiger partial charge in [0.05, 0.1) is 24.0 Å². The molecule has 7 nitrogen and oxygen atoms in total. The van der Waals surface area contributed by atoms with Crippen molar-refractivity contribution in [1.29, 1.82) is 0 Å². The first kappa shape index (κ1) is 19.5. The lowest BCUT2D eigenvalue weighted by molar-refractivity contribution is -0.385. The Balaban J connectivity index is 1.86. The molecule has 0 unspecified atom stereocenters. The number of nitro benzene ring substituents is 1. The summed E-state index contributed by atoms with van der Waals surface area (Å²) in [5.41, 5.74) is 1.53. The number of amides is 1. The van der Waals surface area contributed by atoms with Gasteiger partial charge in [-0.3, -0.25) is 19.7 Å². The standard InChI is InChI=1S/C20H19FN2O5/c1-3-12(20(25)28-2)10-22-11-14-5-4-13(8-17(14)19(22)24)16-7-6-15(23(26)27)9-18(16)21/h4-9,12H,3,10-11H2,1-2H3/t12-/m0/s1. The van der Waals surface area contributed by atoms with Gasteiger partial charge >= 0.3 is 5.97 Å². The summed E-state index contributed by atoms with van der Waals surface area (Å²) in [5.74, 6) is -1.73. The predicted molar refractivity (Wildman–Crippen MR) is 99.0 cm³/mol. The Labute approximate surface area is 160 Å². The van der Waals surface area contributed by atoms with Crippen LogP contribution in [0.5, 0.6) is 0 Å². The molecule has 1 aliphatic heterocycles.